The van der Waals surface area contributed by atoms with Crippen LogP contribution >= 0.6 is 0 Å². The van der Waals surface area contributed by atoms with Crippen molar-refractivity contribution in [1.29, 1.82) is 0 Å². The van der Waals surface area contributed by atoms with E-state index < -0.39 is 0 Å². The molecule has 0 spiro atoms. The Kier molecular flexibility index (Phi) is 6.15. The molecule has 0 fully saturated rings. The second-order valence-corrected chi connectivity index (χ2v) is 7.89. The standard InChI is InChI=1S/C19H31NO/c1-15(2)17(16-10-8-7-9-11-16)20-13-18(3,4)12-19(5,6)14-21/h7-11,15,21H,12-14H2,1-6H3. The zero-order chi connectivity index (χ0) is 16.1. The summed E-state index contributed by atoms with van der Waals surface area (Å²) in [4.78, 5) is 4.92. The Bertz CT molecular complexity index is 458. The summed E-state index contributed by atoms with van der Waals surface area (Å²) in [5.74, 6) is 0.411. The highest BCUT2D eigenvalue weighted by atomic mass is 16.3. The van der Waals surface area contributed by atoms with E-state index >= 15 is 0 Å². The maximum atomic E-state index is 9.47. The van der Waals surface area contributed by atoms with Crippen LogP contribution in [0.1, 0.15) is 53.5 Å². The molecule has 0 bridgehead atoms. The second kappa shape index (κ2) is 7.22. The quantitative estimate of drug-likeness (QED) is 0.733. The monoisotopic (exact) mass is 289 g/mol. The van der Waals surface area contributed by atoms with E-state index in [4.69, 9.17) is 4.99 Å². The molecule has 1 aromatic rings. The lowest BCUT2D eigenvalue weighted by atomic mass is 9.75. The summed E-state index contributed by atoms with van der Waals surface area (Å²) in [6.07, 6.45) is 0.958. The van der Waals surface area contributed by atoms with Gasteiger partial charge in [0, 0.05) is 18.9 Å². The third-order valence-electron chi connectivity index (χ3n) is 3.68. The summed E-state index contributed by atoms with van der Waals surface area (Å²) >= 11 is 0. The molecule has 0 saturated carbocycles. The van der Waals surface area contributed by atoms with Gasteiger partial charge in [-0.3, -0.25) is 4.99 Å². The molecule has 0 radical (unpaired) electrons. The fourth-order valence-electron chi connectivity index (χ4n) is 2.92. The van der Waals surface area contributed by atoms with Gasteiger partial charge in [0.15, 0.2) is 0 Å². The highest BCUT2D eigenvalue weighted by Crippen LogP contribution is 2.33. The fraction of sp³-hybridized carbons (Fsp3) is 0.632. The first-order valence-electron chi connectivity index (χ1n) is 7.87. The summed E-state index contributed by atoms with van der Waals surface area (Å²) in [5, 5.41) is 9.47. The Morgan fingerprint density at radius 3 is 2.10 bits per heavy atom. The lowest BCUT2D eigenvalue weighted by Crippen LogP contribution is -2.29. The topological polar surface area (TPSA) is 32.6 Å². The Morgan fingerprint density at radius 2 is 1.62 bits per heavy atom. The molecule has 0 amide bonds. The molecule has 1 rings (SSSR count). The number of aliphatic hydroxyl groups is 1. The summed E-state index contributed by atoms with van der Waals surface area (Å²) in [6, 6.07) is 10.4. The van der Waals surface area contributed by atoms with Crippen LogP contribution in [0.3, 0.4) is 0 Å². The Hall–Kier alpha value is -1.15. The van der Waals surface area contributed by atoms with Crippen LogP contribution in [-0.2, 0) is 0 Å². The highest BCUT2D eigenvalue weighted by molar-refractivity contribution is 6.01. The first-order chi connectivity index (χ1) is 9.67. The van der Waals surface area contributed by atoms with Gasteiger partial charge in [0.25, 0.3) is 0 Å². The highest BCUT2D eigenvalue weighted by Gasteiger charge is 2.28. The molecule has 2 heteroatoms. The number of benzene rings is 1. The van der Waals surface area contributed by atoms with Crippen molar-refractivity contribution in [3.05, 3.63) is 35.9 Å². The molecule has 1 aromatic carbocycles. The van der Waals surface area contributed by atoms with Crippen LogP contribution in [0.4, 0.5) is 0 Å². The molecule has 0 aliphatic carbocycles. The SMILES string of the molecule is CC(C)C(=NCC(C)(C)CC(C)(C)CO)c1ccccc1. The van der Waals surface area contributed by atoms with E-state index in [0.717, 1.165) is 13.0 Å². The molecule has 1 N–H and O–H groups in total. The second-order valence-electron chi connectivity index (χ2n) is 7.89. The van der Waals surface area contributed by atoms with Gasteiger partial charge in [0.05, 0.1) is 0 Å². The van der Waals surface area contributed by atoms with Crippen LogP contribution in [0, 0.1) is 16.7 Å². The molecule has 0 aliphatic rings. The summed E-state index contributed by atoms with van der Waals surface area (Å²) in [6.45, 7) is 14.1. The van der Waals surface area contributed by atoms with Crippen molar-refractivity contribution < 1.29 is 5.11 Å². The molecule has 0 saturated heterocycles. The number of rotatable bonds is 7. The third kappa shape index (κ3) is 6.01. The van der Waals surface area contributed by atoms with Crippen LogP contribution in [-0.4, -0.2) is 24.0 Å². The first kappa shape index (κ1) is 17.9. The molecule has 21 heavy (non-hydrogen) atoms. The van der Waals surface area contributed by atoms with Crippen molar-refractivity contribution in [2.45, 2.75) is 48.0 Å². The lowest BCUT2D eigenvalue weighted by molar-refractivity contribution is 0.106. The van der Waals surface area contributed by atoms with E-state index in [1.165, 1.54) is 11.3 Å². The van der Waals surface area contributed by atoms with Gasteiger partial charge in [-0.15, -0.1) is 0 Å². The van der Waals surface area contributed by atoms with Crippen molar-refractivity contribution >= 4 is 5.71 Å². The predicted octanol–water partition coefficient (Wildman–Crippen LogP) is 4.57. The molecule has 0 aliphatic heterocycles. The van der Waals surface area contributed by atoms with Gasteiger partial charge in [-0.1, -0.05) is 71.9 Å². The van der Waals surface area contributed by atoms with Gasteiger partial charge in [0.1, 0.15) is 0 Å². The van der Waals surface area contributed by atoms with Crippen molar-refractivity contribution in [2.75, 3.05) is 13.2 Å². The van der Waals surface area contributed by atoms with E-state index in [2.05, 4.69) is 65.8 Å². The average molecular weight is 289 g/mol. The van der Waals surface area contributed by atoms with Crippen LogP contribution in [0.15, 0.2) is 35.3 Å². The summed E-state index contributed by atoms with van der Waals surface area (Å²) in [5.41, 5.74) is 2.42. The van der Waals surface area contributed by atoms with Gasteiger partial charge < -0.3 is 5.11 Å². The maximum absolute atomic E-state index is 9.47. The van der Waals surface area contributed by atoms with Gasteiger partial charge in [-0.2, -0.15) is 0 Å². The van der Waals surface area contributed by atoms with Crippen LogP contribution in [0.2, 0.25) is 0 Å². The summed E-state index contributed by atoms with van der Waals surface area (Å²) in [7, 11) is 0. The van der Waals surface area contributed by atoms with E-state index in [0.29, 0.717) is 5.92 Å². The van der Waals surface area contributed by atoms with Gasteiger partial charge in [-0.25, -0.2) is 0 Å². The van der Waals surface area contributed by atoms with Crippen molar-refractivity contribution in [2.24, 2.45) is 21.7 Å². The van der Waals surface area contributed by atoms with Gasteiger partial charge in [-0.05, 0) is 28.7 Å². The minimum atomic E-state index is -0.0518. The number of aliphatic imine (C=N–C) groups is 1. The number of hydrogen-bond acceptors (Lipinski definition) is 2. The minimum Gasteiger partial charge on any atom is -0.396 e. The Balaban J connectivity index is 2.89. The molecule has 0 unspecified atom stereocenters. The van der Waals surface area contributed by atoms with Crippen LogP contribution in [0.25, 0.3) is 0 Å². The van der Waals surface area contributed by atoms with Crippen LogP contribution < -0.4 is 0 Å². The third-order valence-corrected chi connectivity index (χ3v) is 3.68. The average Bonchev–Trinajstić information content (AvgIpc) is 2.38. The minimum absolute atomic E-state index is 0.0518. The molecular weight excluding hydrogens is 258 g/mol. The zero-order valence-corrected chi connectivity index (χ0v) is 14.5. The normalized spacial score (nSPS) is 13.8. The summed E-state index contributed by atoms with van der Waals surface area (Å²) < 4.78 is 0. The maximum Gasteiger partial charge on any atom is 0.0482 e. The first-order valence-corrected chi connectivity index (χ1v) is 7.87. The molecule has 0 atom stereocenters. The zero-order valence-electron chi connectivity index (χ0n) is 14.5. The van der Waals surface area contributed by atoms with E-state index in [1.54, 1.807) is 0 Å². The van der Waals surface area contributed by atoms with E-state index in [9.17, 15) is 5.11 Å². The molecule has 118 valence electrons. The molecular formula is C19H31NO. The smallest absolute Gasteiger partial charge is 0.0482 e. The molecule has 0 heterocycles. The van der Waals surface area contributed by atoms with Crippen molar-refractivity contribution in [1.82, 2.24) is 0 Å². The van der Waals surface area contributed by atoms with Crippen molar-refractivity contribution in [3.8, 4) is 0 Å². The van der Waals surface area contributed by atoms with E-state index in [1.807, 2.05) is 6.07 Å². The lowest BCUT2D eigenvalue weighted by Gasteiger charge is -2.33. The molecule has 0 aromatic heterocycles. The van der Waals surface area contributed by atoms with Gasteiger partial charge in [0.2, 0.25) is 0 Å². The predicted molar refractivity (Wildman–Crippen MR) is 91.9 cm³/mol. The number of hydrogen-bond donors (Lipinski definition) is 1. The molecule has 2 nitrogen and oxygen atoms in total. The Labute approximate surface area is 130 Å². The Morgan fingerprint density at radius 1 is 1.05 bits per heavy atom. The van der Waals surface area contributed by atoms with Crippen LogP contribution in [0.5, 0.6) is 0 Å². The van der Waals surface area contributed by atoms with Gasteiger partial charge >= 0.3 is 0 Å². The largest absolute Gasteiger partial charge is 0.396 e. The fourth-order valence-corrected chi connectivity index (χ4v) is 2.92. The number of aliphatic hydroxyl groups excluding tert-OH is 1. The van der Waals surface area contributed by atoms with Crippen molar-refractivity contribution in [3.63, 3.8) is 0 Å². The van der Waals surface area contributed by atoms with E-state index in [-0.39, 0.29) is 17.4 Å². The number of nitrogens with zero attached hydrogens (tertiary/aromatic N) is 1.